The van der Waals surface area contributed by atoms with Gasteiger partial charge in [0.25, 0.3) is 0 Å². The van der Waals surface area contributed by atoms with Gasteiger partial charge in [-0.15, -0.1) is 0 Å². The third-order valence-corrected chi connectivity index (χ3v) is 3.70. The summed E-state index contributed by atoms with van der Waals surface area (Å²) in [6.07, 6.45) is 2.53. The standard InChI is InChI=1S/C18H18N2O/c1-21-17-10-3-2-6-14(17)12-16(19)15-9-4-7-13-8-5-11-20-18(13)15/h2-11,16H,12,19H2,1H3. The van der Waals surface area contributed by atoms with E-state index in [-0.39, 0.29) is 6.04 Å². The van der Waals surface area contributed by atoms with Crippen molar-refractivity contribution in [2.75, 3.05) is 7.11 Å². The molecule has 0 saturated carbocycles. The normalized spacial score (nSPS) is 12.3. The molecule has 0 saturated heterocycles. The van der Waals surface area contributed by atoms with Crippen LogP contribution in [0.1, 0.15) is 17.2 Å². The average Bonchev–Trinajstić information content (AvgIpc) is 2.54. The molecule has 3 nitrogen and oxygen atoms in total. The van der Waals surface area contributed by atoms with Crippen molar-refractivity contribution in [1.29, 1.82) is 0 Å². The number of ether oxygens (including phenoxy) is 1. The molecule has 106 valence electrons. The molecule has 0 aliphatic heterocycles. The van der Waals surface area contributed by atoms with Gasteiger partial charge in [0.15, 0.2) is 0 Å². The highest BCUT2D eigenvalue weighted by Gasteiger charge is 2.13. The van der Waals surface area contributed by atoms with E-state index < -0.39 is 0 Å². The summed E-state index contributed by atoms with van der Waals surface area (Å²) in [5, 5.41) is 1.12. The maximum atomic E-state index is 6.42. The van der Waals surface area contributed by atoms with Crippen LogP contribution in [-0.2, 0) is 6.42 Å². The Hall–Kier alpha value is -2.39. The first-order valence-electron chi connectivity index (χ1n) is 7.00. The molecule has 1 heterocycles. The van der Waals surface area contributed by atoms with Crippen LogP contribution in [0.4, 0.5) is 0 Å². The summed E-state index contributed by atoms with van der Waals surface area (Å²) in [5.41, 5.74) is 9.58. The van der Waals surface area contributed by atoms with Crippen LogP contribution >= 0.6 is 0 Å². The number of nitrogens with two attached hydrogens (primary N) is 1. The van der Waals surface area contributed by atoms with E-state index in [0.29, 0.717) is 0 Å². The van der Waals surface area contributed by atoms with Crippen LogP contribution in [0.15, 0.2) is 60.8 Å². The van der Waals surface area contributed by atoms with E-state index in [1.165, 1.54) is 0 Å². The van der Waals surface area contributed by atoms with Crippen LogP contribution in [0.2, 0.25) is 0 Å². The quantitative estimate of drug-likeness (QED) is 0.794. The van der Waals surface area contributed by atoms with Crippen LogP contribution in [0.5, 0.6) is 5.75 Å². The molecule has 0 bridgehead atoms. The SMILES string of the molecule is COc1ccccc1CC(N)c1cccc2cccnc12. The molecule has 0 aliphatic carbocycles. The number of rotatable bonds is 4. The van der Waals surface area contributed by atoms with Gasteiger partial charge >= 0.3 is 0 Å². The highest BCUT2D eigenvalue weighted by molar-refractivity contribution is 5.82. The summed E-state index contributed by atoms with van der Waals surface area (Å²) in [6.45, 7) is 0. The summed E-state index contributed by atoms with van der Waals surface area (Å²) in [5.74, 6) is 0.876. The van der Waals surface area contributed by atoms with E-state index in [1.807, 2.05) is 36.5 Å². The fourth-order valence-electron chi connectivity index (χ4n) is 2.65. The lowest BCUT2D eigenvalue weighted by atomic mass is 9.97. The molecule has 0 amide bonds. The molecule has 0 fully saturated rings. The molecule has 1 unspecified atom stereocenters. The van der Waals surface area contributed by atoms with Crippen molar-refractivity contribution in [3.8, 4) is 5.75 Å². The predicted molar refractivity (Wildman–Crippen MR) is 85.4 cm³/mol. The number of pyridine rings is 1. The van der Waals surface area contributed by atoms with Gasteiger partial charge in [0.2, 0.25) is 0 Å². The van der Waals surface area contributed by atoms with Crippen LogP contribution in [0, 0.1) is 0 Å². The monoisotopic (exact) mass is 278 g/mol. The van der Waals surface area contributed by atoms with Gasteiger partial charge in [0.1, 0.15) is 5.75 Å². The zero-order chi connectivity index (χ0) is 14.7. The van der Waals surface area contributed by atoms with Gasteiger partial charge in [-0.1, -0.05) is 42.5 Å². The van der Waals surface area contributed by atoms with Gasteiger partial charge in [-0.25, -0.2) is 0 Å². The number of fused-ring (bicyclic) bond motifs is 1. The van der Waals surface area contributed by atoms with Gasteiger partial charge < -0.3 is 10.5 Å². The van der Waals surface area contributed by atoms with Crippen LogP contribution < -0.4 is 10.5 Å². The van der Waals surface area contributed by atoms with Crippen molar-refractivity contribution >= 4 is 10.9 Å². The van der Waals surface area contributed by atoms with Gasteiger partial charge in [0.05, 0.1) is 12.6 Å². The first-order valence-corrected chi connectivity index (χ1v) is 7.00. The molecule has 2 N–H and O–H groups in total. The first kappa shape index (κ1) is 13.6. The van der Waals surface area contributed by atoms with Crippen molar-refractivity contribution in [1.82, 2.24) is 4.98 Å². The molecular formula is C18H18N2O. The smallest absolute Gasteiger partial charge is 0.122 e. The summed E-state index contributed by atoms with van der Waals surface area (Å²) in [4.78, 5) is 4.48. The van der Waals surface area contributed by atoms with Crippen LogP contribution in [-0.4, -0.2) is 12.1 Å². The van der Waals surface area contributed by atoms with Gasteiger partial charge in [0, 0.05) is 17.6 Å². The van der Waals surface area contributed by atoms with E-state index >= 15 is 0 Å². The zero-order valence-corrected chi connectivity index (χ0v) is 12.0. The Labute approximate surface area is 124 Å². The molecule has 3 rings (SSSR count). The van der Waals surface area contributed by atoms with Crippen molar-refractivity contribution < 1.29 is 4.74 Å². The minimum Gasteiger partial charge on any atom is -0.496 e. The number of hydrogen-bond donors (Lipinski definition) is 1. The Balaban J connectivity index is 1.96. The Kier molecular flexibility index (Phi) is 3.84. The Morgan fingerprint density at radius 3 is 2.71 bits per heavy atom. The molecule has 1 aromatic heterocycles. The van der Waals surface area contributed by atoms with Crippen LogP contribution in [0.3, 0.4) is 0 Å². The third-order valence-electron chi connectivity index (χ3n) is 3.70. The highest BCUT2D eigenvalue weighted by atomic mass is 16.5. The molecule has 0 radical (unpaired) electrons. The second-order valence-electron chi connectivity index (χ2n) is 5.04. The average molecular weight is 278 g/mol. The maximum Gasteiger partial charge on any atom is 0.122 e. The lowest BCUT2D eigenvalue weighted by Crippen LogP contribution is -2.14. The minimum atomic E-state index is -0.111. The van der Waals surface area contributed by atoms with Crippen LogP contribution in [0.25, 0.3) is 10.9 Å². The van der Waals surface area contributed by atoms with Crippen molar-refractivity contribution in [2.45, 2.75) is 12.5 Å². The number of benzene rings is 2. The van der Waals surface area contributed by atoms with Crippen molar-refractivity contribution in [3.63, 3.8) is 0 Å². The Morgan fingerprint density at radius 2 is 1.86 bits per heavy atom. The van der Waals surface area contributed by atoms with Crippen molar-refractivity contribution in [3.05, 3.63) is 71.9 Å². The molecule has 0 aliphatic rings. The number of para-hydroxylation sites is 2. The number of methoxy groups -OCH3 is 1. The fourth-order valence-corrected chi connectivity index (χ4v) is 2.65. The second-order valence-corrected chi connectivity index (χ2v) is 5.04. The molecule has 0 spiro atoms. The van der Waals surface area contributed by atoms with Gasteiger partial charge in [-0.2, -0.15) is 0 Å². The maximum absolute atomic E-state index is 6.42. The fraction of sp³-hybridized carbons (Fsp3) is 0.167. The largest absolute Gasteiger partial charge is 0.496 e. The number of nitrogens with zero attached hydrogens (tertiary/aromatic N) is 1. The summed E-state index contributed by atoms with van der Waals surface area (Å²) in [7, 11) is 1.68. The topological polar surface area (TPSA) is 48.1 Å². The molecular weight excluding hydrogens is 260 g/mol. The summed E-state index contributed by atoms with van der Waals surface area (Å²) < 4.78 is 5.40. The Morgan fingerprint density at radius 1 is 1.05 bits per heavy atom. The minimum absolute atomic E-state index is 0.111. The first-order chi connectivity index (χ1) is 10.3. The van der Waals surface area contributed by atoms with Crippen molar-refractivity contribution in [2.24, 2.45) is 5.73 Å². The molecule has 3 heteroatoms. The molecule has 3 aromatic rings. The Bertz CT molecular complexity index is 750. The van der Waals surface area contributed by atoms with E-state index in [0.717, 1.165) is 34.2 Å². The van der Waals surface area contributed by atoms with E-state index in [4.69, 9.17) is 10.5 Å². The van der Waals surface area contributed by atoms with E-state index in [9.17, 15) is 0 Å². The number of aromatic nitrogens is 1. The highest BCUT2D eigenvalue weighted by Crippen LogP contribution is 2.27. The summed E-state index contributed by atoms with van der Waals surface area (Å²) in [6, 6.07) is 18.0. The molecule has 1 atom stereocenters. The third kappa shape index (κ3) is 2.73. The lowest BCUT2D eigenvalue weighted by Gasteiger charge is -2.16. The van der Waals surface area contributed by atoms with Gasteiger partial charge in [-0.05, 0) is 29.7 Å². The predicted octanol–water partition coefficient (Wildman–Crippen LogP) is 3.49. The molecule has 2 aromatic carbocycles. The van der Waals surface area contributed by atoms with Gasteiger partial charge in [-0.3, -0.25) is 4.98 Å². The zero-order valence-electron chi connectivity index (χ0n) is 12.0. The van der Waals surface area contributed by atoms with E-state index in [1.54, 1.807) is 7.11 Å². The lowest BCUT2D eigenvalue weighted by molar-refractivity contribution is 0.408. The summed E-state index contributed by atoms with van der Waals surface area (Å²) >= 11 is 0. The van der Waals surface area contributed by atoms with E-state index in [2.05, 4.69) is 29.2 Å². The second kappa shape index (κ2) is 5.94. The molecule has 21 heavy (non-hydrogen) atoms. The number of hydrogen-bond acceptors (Lipinski definition) is 3.